The molecule has 0 aromatic heterocycles. The van der Waals surface area contributed by atoms with E-state index in [0.717, 1.165) is 78.5 Å². The topological polar surface area (TPSA) is 48.1 Å². The van der Waals surface area contributed by atoms with Crippen LogP contribution in [0.15, 0.2) is 18.2 Å². The second-order valence-electron chi connectivity index (χ2n) is 7.58. The molecule has 1 N–H and O–H groups in total. The van der Waals surface area contributed by atoms with E-state index in [4.69, 9.17) is 4.74 Å². The van der Waals surface area contributed by atoms with Crippen molar-refractivity contribution in [2.75, 3.05) is 65.6 Å². The van der Waals surface area contributed by atoms with Crippen molar-refractivity contribution in [3.8, 4) is 0 Å². The number of piperazine rings is 1. The van der Waals surface area contributed by atoms with E-state index in [1.54, 1.807) is 0 Å². The highest BCUT2D eigenvalue weighted by molar-refractivity contribution is 5.78. The van der Waals surface area contributed by atoms with E-state index in [-0.39, 0.29) is 5.91 Å². The first-order valence-electron chi connectivity index (χ1n) is 9.89. The largest absolute Gasteiger partial charge is 0.379 e. The monoisotopic (exact) mass is 358 g/mol. The van der Waals surface area contributed by atoms with Crippen LogP contribution in [0, 0.1) is 0 Å². The van der Waals surface area contributed by atoms with Gasteiger partial charge in [0.2, 0.25) is 5.91 Å². The number of carbonyl (C=O) groups excluding carboxylic acids is 1. The summed E-state index contributed by atoms with van der Waals surface area (Å²) in [5.41, 5.74) is 4.35. The molecule has 3 aliphatic rings. The van der Waals surface area contributed by atoms with Gasteiger partial charge in [0, 0.05) is 52.4 Å². The molecule has 0 spiro atoms. The first-order valence-corrected chi connectivity index (χ1v) is 9.89. The standard InChI is InChI=1S/C20H30N4O2/c25-20(16-23-9-11-26-12-10-23)24-7-5-22(6-8-24)15-17-1-2-19-14-21-4-3-18(19)13-17/h1-2,13,21H,3-12,14-16H2. The van der Waals surface area contributed by atoms with Crippen molar-refractivity contribution < 1.29 is 9.53 Å². The number of fused-ring (bicyclic) bond motifs is 1. The summed E-state index contributed by atoms with van der Waals surface area (Å²) >= 11 is 0. The predicted molar refractivity (Wildman–Crippen MR) is 101 cm³/mol. The van der Waals surface area contributed by atoms with E-state index in [2.05, 4.69) is 33.3 Å². The number of rotatable bonds is 4. The summed E-state index contributed by atoms with van der Waals surface area (Å²) in [6.07, 6.45) is 1.13. The Morgan fingerprint density at radius 3 is 2.62 bits per heavy atom. The predicted octanol–water partition coefficient (Wildman–Crippen LogP) is 0.309. The third-order valence-corrected chi connectivity index (χ3v) is 5.75. The van der Waals surface area contributed by atoms with Gasteiger partial charge < -0.3 is 15.0 Å². The summed E-state index contributed by atoms with van der Waals surface area (Å²) in [6.45, 7) is 10.5. The summed E-state index contributed by atoms with van der Waals surface area (Å²) < 4.78 is 5.36. The Bertz CT molecular complexity index is 622. The number of hydrogen-bond donors (Lipinski definition) is 1. The van der Waals surface area contributed by atoms with Crippen molar-refractivity contribution in [3.05, 3.63) is 34.9 Å². The molecule has 142 valence electrons. The summed E-state index contributed by atoms with van der Waals surface area (Å²) in [5, 5.41) is 3.43. The SMILES string of the molecule is O=C(CN1CCOCC1)N1CCN(Cc2ccc3c(c2)CCNC3)CC1. The van der Waals surface area contributed by atoms with Gasteiger partial charge in [-0.15, -0.1) is 0 Å². The smallest absolute Gasteiger partial charge is 0.236 e. The molecule has 0 aliphatic carbocycles. The minimum absolute atomic E-state index is 0.271. The number of nitrogens with zero attached hydrogens (tertiary/aromatic N) is 3. The van der Waals surface area contributed by atoms with Crippen molar-refractivity contribution in [2.24, 2.45) is 0 Å². The molecule has 26 heavy (non-hydrogen) atoms. The van der Waals surface area contributed by atoms with Gasteiger partial charge in [0.25, 0.3) is 0 Å². The molecule has 6 heteroatoms. The zero-order valence-electron chi connectivity index (χ0n) is 15.6. The Kier molecular flexibility index (Phi) is 5.84. The average molecular weight is 358 g/mol. The fourth-order valence-corrected chi connectivity index (χ4v) is 4.09. The van der Waals surface area contributed by atoms with E-state index in [0.29, 0.717) is 6.54 Å². The molecule has 2 saturated heterocycles. The molecule has 2 fully saturated rings. The van der Waals surface area contributed by atoms with Crippen LogP contribution in [0.2, 0.25) is 0 Å². The quantitative estimate of drug-likeness (QED) is 0.839. The summed E-state index contributed by atoms with van der Waals surface area (Å²) in [7, 11) is 0. The van der Waals surface area contributed by atoms with Crippen LogP contribution >= 0.6 is 0 Å². The van der Waals surface area contributed by atoms with Gasteiger partial charge in [-0.2, -0.15) is 0 Å². The molecule has 0 radical (unpaired) electrons. The second kappa shape index (κ2) is 8.48. The van der Waals surface area contributed by atoms with Crippen LogP contribution in [0.5, 0.6) is 0 Å². The van der Waals surface area contributed by atoms with Gasteiger partial charge in [-0.1, -0.05) is 18.2 Å². The lowest BCUT2D eigenvalue weighted by Crippen LogP contribution is -2.51. The molecule has 3 aliphatic heterocycles. The first-order chi connectivity index (χ1) is 12.8. The van der Waals surface area contributed by atoms with Gasteiger partial charge in [-0.25, -0.2) is 0 Å². The molecule has 0 unspecified atom stereocenters. The molecular formula is C20H30N4O2. The Balaban J connectivity index is 1.25. The number of morpholine rings is 1. The second-order valence-corrected chi connectivity index (χ2v) is 7.58. The summed E-state index contributed by atoms with van der Waals surface area (Å²) in [6, 6.07) is 6.92. The normalized spacial score (nSPS) is 22.2. The zero-order valence-corrected chi connectivity index (χ0v) is 15.6. The lowest BCUT2D eigenvalue weighted by atomic mass is 9.98. The van der Waals surface area contributed by atoms with Crippen molar-refractivity contribution >= 4 is 5.91 Å². The van der Waals surface area contributed by atoms with E-state index in [1.165, 1.54) is 16.7 Å². The molecule has 6 nitrogen and oxygen atoms in total. The Hall–Kier alpha value is -1.47. The van der Waals surface area contributed by atoms with Gasteiger partial charge in [-0.05, 0) is 29.7 Å². The number of carbonyl (C=O) groups is 1. The average Bonchev–Trinajstić information content (AvgIpc) is 2.69. The van der Waals surface area contributed by atoms with Crippen molar-refractivity contribution in [1.29, 1.82) is 0 Å². The van der Waals surface area contributed by atoms with E-state index < -0.39 is 0 Å². The van der Waals surface area contributed by atoms with Crippen LogP contribution in [0.1, 0.15) is 16.7 Å². The highest BCUT2D eigenvalue weighted by Crippen LogP contribution is 2.18. The number of ether oxygens (including phenoxy) is 1. The van der Waals surface area contributed by atoms with E-state index in [1.807, 2.05) is 4.90 Å². The number of nitrogens with one attached hydrogen (secondary N) is 1. The third-order valence-electron chi connectivity index (χ3n) is 5.75. The number of benzene rings is 1. The number of hydrogen-bond acceptors (Lipinski definition) is 5. The fourth-order valence-electron chi connectivity index (χ4n) is 4.09. The van der Waals surface area contributed by atoms with Crippen molar-refractivity contribution in [1.82, 2.24) is 20.0 Å². The minimum Gasteiger partial charge on any atom is -0.379 e. The molecule has 0 saturated carbocycles. The molecular weight excluding hydrogens is 328 g/mol. The first kappa shape index (κ1) is 17.9. The highest BCUT2D eigenvalue weighted by atomic mass is 16.5. The Morgan fingerprint density at radius 2 is 1.81 bits per heavy atom. The fraction of sp³-hybridized carbons (Fsp3) is 0.650. The van der Waals surface area contributed by atoms with Crippen LogP contribution in [-0.4, -0.2) is 86.2 Å². The van der Waals surface area contributed by atoms with E-state index in [9.17, 15) is 4.79 Å². The van der Waals surface area contributed by atoms with Crippen LogP contribution < -0.4 is 5.32 Å². The maximum atomic E-state index is 12.5. The maximum Gasteiger partial charge on any atom is 0.236 e. The lowest BCUT2D eigenvalue weighted by molar-refractivity contribution is -0.135. The maximum absolute atomic E-state index is 12.5. The van der Waals surface area contributed by atoms with Crippen LogP contribution in [0.25, 0.3) is 0 Å². The molecule has 0 atom stereocenters. The van der Waals surface area contributed by atoms with Crippen molar-refractivity contribution in [3.63, 3.8) is 0 Å². The molecule has 1 amide bonds. The number of amides is 1. The minimum atomic E-state index is 0.271. The van der Waals surface area contributed by atoms with Gasteiger partial charge in [0.05, 0.1) is 19.8 Å². The highest BCUT2D eigenvalue weighted by Gasteiger charge is 2.23. The van der Waals surface area contributed by atoms with Crippen LogP contribution in [-0.2, 0) is 29.0 Å². The lowest BCUT2D eigenvalue weighted by Gasteiger charge is -2.36. The van der Waals surface area contributed by atoms with Gasteiger partial charge in [-0.3, -0.25) is 14.6 Å². The molecule has 0 bridgehead atoms. The van der Waals surface area contributed by atoms with Crippen LogP contribution in [0.4, 0.5) is 0 Å². The molecule has 1 aromatic carbocycles. The Morgan fingerprint density at radius 1 is 1.00 bits per heavy atom. The summed E-state index contributed by atoms with van der Waals surface area (Å²) in [5.74, 6) is 0.271. The molecule has 1 aromatic rings. The Labute approximate surface area is 156 Å². The summed E-state index contributed by atoms with van der Waals surface area (Å²) in [4.78, 5) is 19.2. The van der Waals surface area contributed by atoms with E-state index >= 15 is 0 Å². The molecule has 3 heterocycles. The van der Waals surface area contributed by atoms with Gasteiger partial charge in [0.1, 0.15) is 0 Å². The zero-order chi connectivity index (χ0) is 17.8. The van der Waals surface area contributed by atoms with Gasteiger partial charge in [0.15, 0.2) is 0 Å². The third kappa shape index (κ3) is 4.43. The van der Waals surface area contributed by atoms with Crippen LogP contribution in [0.3, 0.4) is 0 Å². The van der Waals surface area contributed by atoms with Gasteiger partial charge >= 0.3 is 0 Å². The van der Waals surface area contributed by atoms with Crippen molar-refractivity contribution in [2.45, 2.75) is 19.5 Å². The molecule has 4 rings (SSSR count).